The normalized spacial score (nSPS) is 12.7. The standard InChI is InChI=1S/C16H14I4O4S/c1-23-13-7-3-11(4-8-13)15(17,18)25(21,22)16(19,20)12-5-9-14(24-2)10-6-12/h3-10H,1-2H3. The quantitative estimate of drug-likeness (QED) is 0.275. The van der Waals surface area contributed by atoms with Crippen LogP contribution < -0.4 is 9.47 Å². The molecule has 0 fully saturated rings. The van der Waals surface area contributed by atoms with E-state index >= 15 is 0 Å². The molecule has 0 unspecified atom stereocenters. The molecule has 0 aromatic heterocycles. The zero-order chi connectivity index (χ0) is 18.9. The number of methoxy groups -OCH3 is 2. The summed E-state index contributed by atoms with van der Waals surface area (Å²) in [5.74, 6) is 1.38. The van der Waals surface area contributed by atoms with Gasteiger partial charge in [0.15, 0.2) is 0 Å². The third-order valence-electron chi connectivity index (χ3n) is 3.53. The summed E-state index contributed by atoms with van der Waals surface area (Å²) in [7, 11) is -0.457. The van der Waals surface area contributed by atoms with Crippen LogP contribution in [-0.4, -0.2) is 22.6 Å². The molecule has 0 aliphatic rings. The molecule has 0 aliphatic carbocycles. The van der Waals surface area contributed by atoms with Gasteiger partial charge < -0.3 is 9.47 Å². The average molecular weight is 810 g/mol. The number of sulfone groups is 1. The molecular formula is C16H14I4O4S. The Balaban J connectivity index is 2.48. The van der Waals surface area contributed by atoms with Gasteiger partial charge in [-0.25, -0.2) is 8.42 Å². The Morgan fingerprint density at radius 2 is 0.960 bits per heavy atom. The summed E-state index contributed by atoms with van der Waals surface area (Å²) < 4.78 is 35.0. The van der Waals surface area contributed by atoms with Crippen LogP contribution in [0.5, 0.6) is 11.5 Å². The third-order valence-corrected chi connectivity index (χ3v) is 14.8. The molecule has 25 heavy (non-hydrogen) atoms. The zero-order valence-electron chi connectivity index (χ0n) is 13.2. The van der Waals surface area contributed by atoms with Gasteiger partial charge >= 0.3 is 0 Å². The van der Waals surface area contributed by atoms with Gasteiger partial charge in [-0.1, -0.05) is 24.3 Å². The summed E-state index contributed by atoms with van der Waals surface area (Å²) >= 11 is 7.99. The molecular weight excluding hydrogens is 796 g/mol. The number of benzene rings is 2. The fourth-order valence-corrected chi connectivity index (χ4v) is 13.7. The number of ether oxygens (including phenoxy) is 2. The van der Waals surface area contributed by atoms with Crippen LogP contribution in [0.25, 0.3) is 0 Å². The first-order valence-corrected chi connectivity index (χ1v) is 12.7. The molecule has 0 saturated carbocycles. The van der Waals surface area contributed by atoms with Gasteiger partial charge in [-0.05, 0) is 126 Å². The largest absolute Gasteiger partial charge is 0.497 e. The lowest BCUT2D eigenvalue weighted by atomic mass is 10.2. The number of rotatable bonds is 6. The highest BCUT2D eigenvalue weighted by Gasteiger charge is 2.53. The molecule has 2 aromatic rings. The minimum Gasteiger partial charge on any atom is -0.497 e. The molecule has 0 radical (unpaired) electrons. The van der Waals surface area contributed by atoms with Crippen molar-refractivity contribution in [2.45, 2.75) is 1.52 Å². The van der Waals surface area contributed by atoms with Crippen molar-refractivity contribution in [3.63, 3.8) is 0 Å². The van der Waals surface area contributed by atoms with Gasteiger partial charge in [0.1, 0.15) is 11.5 Å². The van der Waals surface area contributed by atoms with E-state index in [0.717, 1.165) is 0 Å². The van der Waals surface area contributed by atoms with Gasteiger partial charge in [-0.3, -0.25) is 0 Å². The fraction of sp³-hybridized carbons (Fsp3) is 0.250. The lowest BCUT2D eigenvalue weighted by Crippen LogP contribution is -2.34. The highest BCUT2D eigenvalue weighted by Crippen LogP contribution is 2.58. The van der Waals surface area contributed by atoms with Gasteiger partial charge in [-0.15, -0.1) is 0 Å². The Morgan fingerprint density at radius 3 is 1.20 bits per heavy atom. The van der Waals surface area contributed by atoms with Crippen molar-refractivity contribution in [1.82, 2.24) is 0 Å². The maximum absolute atomic E-state index is 13.5. The van der Waals surface area contributed by atoms with E-state index < -0.39 is 11.4 Å². The molecule has 2 rings (SSSR count). The first-order valence-electron chi connectivity index (χ1n) is 6.86. The number of hydrogen-bond acceptors (Lipinski definition) is 4. The van der Waals surface area contributed by atoms with Crippen LogP contribution in [0.1, 0.15) is 11.1 Å². The van der Waals surface area contributed by atoms with E-state index in [-0.39, 0.29) is 0 Å². The molecule has 0 spiro atoms. The van der Waals surface area contributed by atoms with E-state index in [2.05, 4.69) is 0 Å². The molecule has 0 heterocycles. The molecule has 0 saturated heterocycles. The van der Waals surface area contributed by atoms with Crippen LogP contribution in [0, 0.1) is 0 Å². The molecule has 4 nitrogen and oxygen atoms in total. The van der Waals surface area contributed by atoms with Crippen molar-refractivity contribution >= 4 is 100 Å². The first kappa shape index (κ1) is 22.2. The minimum atomic E-state index is -3.62. The van der Waals surface area contributed by atoms with Crippen molar-refractivity contribution in [1.29, 1.82) is 0 Å². The summed E-state index contributed by atoms with van der Waals surface area (Å²) in [6.45, 7) is 0. The van der Waals surface area contributed by atoms with E-state index in [1.165, 1.54) is 0 Å². The Kier molecular flexibility index (Phi) is 7.56. The summed E-state index contributed by atoms with van der Waals surface area (Å²) in [6.07, 6.45) is 0. The fourth-order valence-electron chi connectivity index (χ4n) is 2.04. The van der Waals surface area contributed by atoms with Gasteiger partial charge in [0.25, 0.3) is 0 Å². The van der Waals surface area contributed by atoms with Crippen molar-refractivity contribution in [2.24, 2.45) is 0 Å². The van der Waals surface area contributed by atoms with Crippen LogP contribution in [-0.2, 0) is 11.4 Å². The number of alkyl halides is 4. The molecule has 0 amide bonds. The van der Waals surface area contributed by atoms with Crippen molar-refractivity contribution < 1.29 is 17.9 Å². The highest BCUT2D eigenvalue weighted by molar-refractivity contribution is 14.2. The van der Waals surface area contributed by atoms with Gasteiger partial charge in [0.05, 0.1) is 14.2 Å². The van der Waals surface area contributed by atoms with Crippen molar-refractivity contribution in [3.8, 4) is 11.5 Å². The molecule has 2 aromatic carbocycles. The van der Waals surface area contributed by atoms with Crippen molar-refractivity contribution in [3.05, 3.63) is 59.7 Å². The van der Waals surface area contributed by atoms with Crippen molar-refractivity contribution in [2.75, 3.05) is 14.2 Å². The molecule has 0 atom stereocenters. The lowest BCUT2D eigenvalue weighted by molar-refractivity contribution is 0.414. The number of hydrogen-bond donors (Lipinski definition) is 0. The summed E-state index contributed by atoms with van der Waals surface area (Å²) in [4.78, 5) is 0. The van der Waals surface area contributed by atoms with E-state index in [4.69, 9.17) is 9.47 Å². The van der Waals surface area contributed by atoms with Crippen LogP contribution >= 0.6 is 90.4 Å². The lowest BCUT2D eigenvalue weighted by Gasteiger charge is -2.30. The van der Waals surface area contributed by atoms with Crippen LogP contribution in [0.3, 0.4) is 0 Å². The topological polar surface area (TPSA) is 52.6 Å². The molecule has 136 valence electrons. The molecule has 0 N–H and O–H groups in total. The zero-order valence-corrected chi connectivity index (χ0v) is 22.6. The second-order valence-corrected chi connectivity index (χ2v) is 20.8. The minimum absolute atomic E-state index is 0.690. The van der Waals surface area contributed by atoms with E-state index in [1.54, 1.807) is 62.8 Å². The maximum Gasteiger partial charge on any atom is 0.207 e. The Morgan fingerprint density at radius 1 is 0.680 bits per heavy atom. The Bertz CT molecular complexity index is 766. The maximum atomic E-state index is 13.5. The Labute approximate surface area is 202 Å². The highest BCUT2D eigenvalue weighted by atomic mass is 127. The van der Waals surface area contributed by atoms with Crippen LogP contribution in [0.4, 0.5) is 0 Å². The second-order valence-electron chi connectivity index (χ2n) is 4.99. The SMILES string of the molecule is COc1ccc(C(I)(I)S(=O)(=O)C(I)(I)c2ccc(OC)cc2)cc1. The van der Waals surface area contributed by atoms with Gasteiger partial charge in [-0.2, -0.15) is 0 Å². The summed E-state index contributed by atoms with van der Waals surface area (Å²) in [5.41, 5.74) is 1.39. The van der Waals surface area contributed by atoms with E-state index in [9.17, 15) is 8.42 Å². The van der Waals surface area contributed by atoms with Gasteiger partial charge in [0.2, 0.25) is 11.4 Å². The molecule has 9 heteroatoms. The van der Waals surface area contributed by atoms with E-state index in [0.29, 0.717) is 22.6 Å². The molecule has 0 aliphatic heterocycles. The van der Waals surface area contributed by atoms with E-state index in [1.807, 2.05) is 90.4 Å². The Hall–Kier alpha value is 0.910. The van der Waals surface area contributed by atoms with Crippen LogP contribution in [0.2, 0.25) is 0 Å². The third kappa shape index (κ3) is 4.34. The van der Waals surface area contributed by atoms with Gasteiger partial charge in [0, 0.05) is 0 Å². The first-order chi connectivity index (χ1) is 11.6. The summed E-state index contributed by atoms with van der Waals surface area (Å²) in [5, 5.41) is 0. The molecule has 0 bridgehead atoms. The predicted octanol–water partition coefficient (Wildman–Crippen LogP) is 5.78. The predicted molar refractivity (Wildman–Crippen MR) is 134 cm³/mol. The number of halogens is 4. The summed E-state index contributed by atoms with van der Waals surface area (Å²) in [6, 6.07) is 14.2. The van der Waals surface area contributed by atoms with Crippen LogP contribution in [0.15, 0.2) is 48.5 Å². The monoisotopic (exact) mass is 810 g/mol. The average Bonchev–Trinajstić information content (AvgIpc) is 2.61. The second kappa shape index (κ2) is 8.51. The smallest absolute Gasteiger partial charge is 0.207 e.